The van der Waals surface area contributed by atoms with Crippen LogP contribution in [-0.4, -0.2) is 41.6 Å². The van der Waals surface area contributed by atoms with Crippen molar-refractivity contribution in [1.29, 1.82) is 0 Å². The molecule has 1 aromatic carbocycles. The van der Waals surface area contributed by atoms with E-state index in [2.05, 4.69) is 5.32 Å². The molecule has 21 heavy (non-hydrogen) atoms. The molecule has 0 bridgehead atoms. The van der Waals surface area contributed by atoms with E-state index < -0.39 is 0 Å². The highest BCUT2D eigenvalue weighted by Gasteiger charge is 2.36. The maximum absolute atomic E-state index is 11.9. The van der Waals surface area contributed by atoms with Gasteiger partial charge in [-0.25, -0.2) is 0 Å². The minimum absolute atomic E-state index is 0.181. The van der Waals surface area contributed by atoms with Gasteiger partial charge in [0.15, 0.2) is 0 Å². The number of piperazine rings is 1. The number of phenols is 1. The minimum Gasteiger partial charge on any atom is -0.508 e. The molecule has 2 heterocycles. The fourth-order valence-electron chi connectivity index (χ4n) is 3.55. The SMILES string of the molecule is Cc1cc(O)c([C@H]2CCN3C(=O)CNC[C@H]3C2)c(Cl)c1C. The number of hydrogen-bond acceptors (Lipinski definition) is 3. The second kappa shape index (κ2) is 5.50. The Balaban J connectivity index is 1.89. The molecule has 2 fully saturated rings. The number of nitrogens with one attached hydrogen (secondary N) is 1. The molecule has 114 valence electrons. The molecule has 0 aromatic heterocycles. The number of benzene rings is 1. The van der Waals surface area contributed by atoms with Crippen LogP contribution in [0.1, 0.15) is 35.4 Å². The fourth-order valence-corrected chi connectivity index (χ4v) is 3.95. The average molecular weight is 309 g/mol. The first-order valence-electron chi connectivity index (χ1n) is 7.47. The summed E-state index contributed by atoms with van der Waals surface area (Å²) in [7, 11) is 0. The summed E-state index contributed by atoms with van der Waals surface area (Å²) in [5, 5.41) is 14.2. The van der Waals surface area contributed by atoms with E-state index in [1.165, 1.54) is 0 Å². The fraction of sp³-hybridized carbons (Fsp3) is 0.562. The molecule has 0 unspecified atom stereocenters. The van der Waals surface area contributed by atoms with E-state index in [-0.39, 0.29) is 23.6 Å². The van der Waals surface area contributed by atoms with E-state index in [0.717, 1.165) is 42.6 Å². The lowest BCUT2D eigenvalue weighted by atomic mass is 9.83. The maximum atomic E-state index is 11.9. The van der Waals surface area contributed by atoms with Crippen molar-refractivity contribution in [2.24, 2.45) is 0 Å². The van der Waals surface area contributed by atoms with Crippen LogP contribution in [0.2, 0.25) is 5.02 Å². The van der Waals surface area contributed by atoms with Crippen LogP contribution in [0.4, 0.5) is 0 Å². The number of carbonyl (C=O) groups is 1. The van der Waals surface area contributed by atoms with Gasteiger partial charge in [-0.15, -0.1) is 0 Å². The van der Waals surface area contributed by atoms with E-state index in [4.69, 9.17) is 11.6 Å². The van der Waals surface area contributed by atoms with E-state index in [9.17, 15) is 9.90 Å². The van der Waals surface area contributed by atoms with Crippen molar-refractivity contribution in [3.05, 3.63) is 27.8 Å². The summed E-state index contributed by atoms with van der Waals surface area (Å²) in [4.78, 5) is 13.9. The number of fused-ring (bicyclic) bond motifs is 1. The number of aryl methyl sites for hydroxylation is 1. The Morgan fingerprint density at radius 3 is 2.95 bits per heavy atom. The number of aromatic hydroxyl groups is 1. The Bertz CT molecular complexity index is 588. The molecule has 1 amide bonds. The number of phenolic OH excluding ortho intramolecular Hbond substituents is 1. The van der Waals surface area contributed by atoms with Crippen LogP contribution >= 0.6 is 11.6 Å². The van der Waals surface area contributed by atoms with Gasteiger partial charge in [0.1, 0.15) is 5.75 Å². The molecule has 1 aromatic rings. The lowest BCUT2D eigenvalue weighted by Gasteiger charge is -2.43. The summed E-state index contributed by atoms with van der Waals surface area (Å²) >= 11 is 6.48. The average Bonchev–Trinajstić information content (AvgIpc) is 2.45. The highest BCUT2D eigenvalue weighted by molar-refractivity contribution is 6.32. The summed E-state index contributed by atoms with van der Waals surface area (Å²) in [6, 6.07) is 2.01. The molecule has 2 saturated heterocycles. The van der Waals surface area contributed by atoms with Crippen molar-refractivity contribution >= 4 is 17.5 Å². The largest absolute Gasteiger partial charge is 0.508 e. The predicted molar refractivity (Wildman–Crippen MR) is 82.9 cm³/mol. The van der Waals surface area contributed by atoms with Gasteiger partial charge in [0.2, 0.25) is 5.91 Å². The topological polar surface area (TPSA) is 52.6 Å². The van der Waals surface area contributed by atoms with Gasteiger partial charge in [0, 0.05) is 24.7 Å². The van der Waals surface area contributed by atoms with Crippen molar-refractivity contribution in [2.75, 3.05) is 19.6 Å². The van der Waals surface area contributed by atoms with Crippen molar-refractivity contribution < 1.29 is 9.90 Å². The Morgan fingerprint density at radius 1 is 1.43 bits per heavy atom. The van der Waals surface area contributed by atoms with Gasteiger partial charge in [-0.05, 0) is 49.8 Å². The van der Waals surface area contributed by atoms with Crippen LogP contribution in [0.25, 0.3) is 0 Å². The van der Waals surface area contributed by atoms with Gasteiger partial charge < -0.3 is 15.3 Å². The second-order valence-electron chi connectivity index (χ2n) is 6.16. The number of nitrogens with zero attached hydrogens (tertiary/aromatic N) is 1. The molecule has 2 atom stereocenters. The third-order valence-corrected chi connectivity index (χ3v) is 5.37. The Kier molecular flexibility index (Phi) is 3.84. The van der Waals surface area contributed by atoms with Crippen LogP contribution in [-0.2, 0) is 4.79 Å². The molecule has 5 heteroatoms. The van der Waals surface area contributed by atoms with E-state index in [0.29, 0.717) is 11.6 Å². The second-order valence-corrected chi connectivity index (χ2v) is 6.54. The first-order valence-corrected chi connectivity index (χ1v) is 7.85. The lowest BCUT2D eigenvalue weighted by Crippen LogP contribution is -2.57. The van der Waals surface area contributed by atoms with Gasteiger partial charge in [-0.3, -0.25) is 4.79 Å². The van der Waals surface area contributed by atoms with E-state index >= 15 is 0 Å². The first kappa shape index (κ1) is 14.7. The van der Waals surface area contributed by atoms with Crippen molar-refractivity contribution in [3.63, 3.8) is 0 Å². The zero-order valence-electron chi connectivity index (χ0n) is 12.4. The quantitative estimate of drug-likeness (QED) is 0.837. The van der Waals surface area contributed by atoms with E-state index in [1.54, 1.807) is 6.07 Å². The van der Waals surface area contributed by atoms with Gasteiger partial charge in [-0.1, -0.05) is 11.6 Å². The summed E-state index contributed by atoms with van der Waals surface area (Å²) in [6.07, 6.45) is 1.71. The number of hydrogen-bond donors (Lipinski definition) is 2. The number of piperidine rings is 1. The van der Waals surface area contributed by atoms with Crippen molar-refractivity contribution in [2.45, 2.75) is 38.6 Å². The monoisotopic (exact) mass is 308 g/mol. The highest BCUT2D eigenvalue weighted by atomic mass is 35.5. The summed E-state index contributed by atoms with van der Waals surface area (Å²) < 4.78 is 0. The molecule has 2 N–H and O–H groups in total. The van der Waals surface area contributed by atoms with Gasteiger partial charge >= 0.3 is 0 Å². The third-order valence-electron chi connectivity index (χ3n) is 4.89. The van der Waals surface area contributed by atoms with Crippen LogP contribution in [0.3, 0.4) is 0 Å². The molecule has 3 rings (SSSR count). The molecule has 0 radical (unpaired) electrons. The first-order chi connectivity index (χ1) is 9.99. The zero-order chi connectivity index (χ0) is 15.1. The van der Waals surface area contributed by atoms with Crippen LogP contribution in [0, 0.1) is 13.8 Å². The van der Waals surface area contributed by atoms with Crippen molar-refractivity contribution in [3.8, 4) is 5.75 Å². The molecular formula is C16H21ClN2O2. The molecule has 0 saturated carbocycles. The number of halogens is 1. The lowest BCUT2D eigenvalue weighted by molar-refractivity contribution is -0.136. The number of rotatable bonds is 1. The van der Waals surface area contributed by atoms with Gasteiger partial charge in [0.25, 0.3) is 0 Å². The zero-order valence-corrected chi connectivity index (χ0v) is 13.2. The van der Waals surface area contributed by atoms with Gasteiger partial charge in [0.05, 0.1) is 11.6 Å². The highest BCUT2D eigenvalue weighted by Crippen LogP contribution is 2.42. The summed E-state index contributed by atoms with van der Waals surface area (Å²) in [5.74, 6) is 0.683. The normalized spacial score (nSPS) is 25.9. The van der Waals surface area contributed by atoms with Crippen LogP contribution in [0.5, 0.6) is 5.75 Å². The number of carbonyl (C=O) groups excluding carboxylic acids is 1. The Labute approximate surface area is 130 Å². The molecule has 0 aliphatic carbocycles. The number of amides is 1. The van der Waals surface area contributed by atoms with Crippen LogP contribution < -0.4 is 5.32 Å². The Morgan fingerprint density at radius 2 is 2.19 bits per heavy atom. The van der Waals surface area contributed by atoms with E-state index in [1.807, 2.05) is 18.7 Å². The standard InChI is InChI=1S/C16H21ClN2O2/c1-9-5-13(20)15(16(17)10(9)2)11-3-4-19-12(6-11)7-18-8-14(19)21/h5,11-12,18,20H,3-4,6-8H2,1-2H3/t11-,12+/m0/s1. The molecule has 2 aliphatic rings. The third kappa shape index (κ3) is 2.51. The summed E-state index contributed by atoms with van der Waals surface area (Å²) in [5.41, 5.74) is 2.90. The molecular weight excluding hydrogens is 288 g/mol. The van der Waals surface area contributed by atoms with Gasteiger partial charge in [-0.2, -0.15) is 0 Å². The predicted octanol–water partition coefficient (Wildman–Crippen LogP) is 2.34. The molecule has 0 spiro atoms. The van der Waals surface area contributed by atoms with Crippen molar-refractivity contribution in [1.82, 2.24) is 10.2 Å². The molecule has 2 aliphatic heterocycles. The van der Waals surface area contributed by atoms with Crippen LogP contribution in [0.15, 0.2) is 6.07 Å². The Hall–Kier alpha value is -1.26. The smallest absolute Gasteiger partial charge is 0.236 e. The minimum atomic E-state index is 0.181. The summed E-state index contributed by atoms with van der Waals surface area (Å²) in [6.45, 7) is 5.96. The molecule has 4 nitrogen and oxygen atoms in total. The maximum Gasteiger partial charge on any atom is 0.236 e.